The number of fused-ring (bicyclic) bond motifs is 1. The molecule has 0 aromatic heterocycles. The molecule has 22 heavy (non-hydrogen) atoms. The van der Waals surface area contributed by atoms with E-state index < -0.39 is 17.9 Å². The van der Waals surface area contributed by atoms with E-state index in [1.165, 1.54) is 12.1 Å². The summed E-state index contributed by atoms with van der Waals surface area (Å²) < 4.78 is 4.91. The fourth-order valence-corrected chi connectivity index (χ4v) is 1.94. The Morgan fingerprint density at radius 1 is 1.18 bits per heavy atom. The van der Waals surface area contributed by atoms with Crippen molar-refractivity contribution in [1.29, 1.82) is 0 Å². The van der Waals surface area contributed by atoms with Gasteiger partial charge >= 0.3 is 6.09 Å². The fourth-order valence-electron chi connectivity index (χ4n) is 1.94. The number of benzene rings is 1. The van der Waals surface area contributed by atoms with Gasteiger partial charge in [-0.2, -0.15) is 5.01 Å². The molecular formula is C16H18N2O4. The van der Waals surface area contributed by atoms with Gasteiger partial charge in [-0.15, -0.1) is 0 Å². The standard InChI is InChI=1S/C16H18N2O4/c1-16(2,3)9-6-10-22-15(21)17-18-13(19)11-7-4-5-8-12(11)14(18)20/h4-9H,10H2,1-3H3,(H,17,21). The van der Waals surface area contributed by atoms with Crippen molar-refractivity contribution in [2.24, 2.45) is 5.41 Å². The number of hydrogen-bond donors (Lipinski definition) is 1. The Labute approximate surface area is 128 Å². The topological polar surface area (TPSA) is 75.7 Å². The Hall–Kier alpha value is -2.63. The Bertz CT molecular complexity index is 609. The molecule has 0 aliphatic carbocycles. The molecule has 0 atom stereocenters. The summed E-state index contributed by atoms with van der Waals surface area (Å²) in [4.78, 5) is 35.7. The van der Waals surface area contributed by atoms with Crippen LogP contribution in [0.15, 0.2) is 36.4 Å². The first-order chi connectivity index (χ1) is 10.3. The van der Waals surface area contributed by atoms with Crippen molar-refractivity contribution in [3.63, 3.8) is 0 Å². The molecule has 0 spiro atoms. The number of amides is 3. The lowest BCUT2D eigenvalue weighted by molar-refractivity contribution is 0.0537. The molecular weight excluding hydrogens is 284 g/mol. The number of rotatable bonds is 3. The number of carbonyl (C=O) groups excluding carboxylic acids is 3. The molecule has 2 rings (SSSR count). The number of imide groups is 1. The van der Waals surface area contributed by atoms with Crippen molar-refractivity contribution in [3.05, 3.63) is 47.5 Å². The highest BCUT2D eigenvalue weighted by Gasteiger charge is 2.36. The van der Waals surface area contributed by atoms with Crippen LogP contribution in [-0.2, 0) is 4.74 Å². The summed E-state index contributed by atoms with van der Waals surface area (Å²) in [6, 6.07) is 6.38. The predicted molar refractivity (Wildman–Crippen MR) is 80.0 cm³/mol. The summed E-state index contributed by atoms with van der Waals surface area (Å²) in [6.07, 6.45) is 2.76. The summed E-state index contributed by atoms with van der Waals surface area (Å²) in [5, 5.41) is 0.667. The van der Waals surface area contributed by atoms with E-state index in [-0.39, 0.29) is 23.1 Å². The molecule has 1 aliphatic heterocycles. The number of carbonyl (C=O) groups is 3. The van der Waals surface area contributed by atoms with E-state index in [0.29, 0.717) is 5.01 Å². The molecule has 1 N–H and O–H groups in total. The van der Waals surface area contributed by atoms with Gasteiger partial charge in [0.05, 0.1) is 11.1 Å². The van der Waals surface area contributed by atoms with E-state index >= 15 is 0 Å². The number of hydrogen-bond acceptors (Lipinski definition) is 4. The summed E-state index contributed by atoms with van der Waals surface area (Å²) >= 11 is 0. The molecule has 1 aliphatic rings. The van der Waals surface area contributed by atoms with Crippen LogP contribution in [0.3, 0.4) is 0 Å². The first kappa shape index (κ1) is 15.8. The summed E-state index contributed by atoms with van der Waals surface area (Å²) in [7, 11) is 0. The van der Waals surface area contributed by atoms with Crippen LogP contribution >= 0.6 is 0 Å². The van der Waals surface area contributed by atoms with Crippen molar-refractivity contribution in [1.82, 2.24) is 10.4 Å². The van der Waals surface area contributed by atoms with E-state index in [4.69, 9.17) is 4.74 Å². The van der Waals surface area contributed by atoms with Crippen molar-refractivity contribution in [2.45, 2.75) is 20.8 Å². The fraction of sp³-hybridized carbons (Fsp3) is 0.312. The van der Waals surface area contributed by atoms with Gasteiger partial charge in [-0.1, -0.05) is 45.1 Å². The second-order valence-corrected chi connectivity index (χ2v) is 5.97. The highest BCUT2D eigenvalue weighted by Crippen LogP contribution is 2.20. The van der Waals surface area contributed by atoms with Crippen LogP contribution in [0.2, 0.25) is 0 Å². The first-order valence-electron chi connectivity index (χ1n) is 6.88. The number of allylic oxidation sites excluding steroid dienone is 1. The first-order valence-corrected chi connectivity index (χ1v) is 6.88. The van der Waals surface area contributed by atoms with Gasteiger partial charge in [-0.25, -0.2) is 10.2 Å². The monoisotopic (exact) mass is 302 g/mol. The minimum absolute atomic E-state index is 0.0115. The molecule has 1 heterocycles. The molecule has 0 radical (unpaired) electrons. The van der Waals surface area contributed by atoms with Gasteiger partial charge in [0.25, 0.3) is 11.8 Å². The zero-order valence-corrected chi connectivity index (χ0v) is 12.8. The van der Waals surface area contributed by atoms with E-state index in [0.717, 1.165) is 0 Å². The Morgan fingerprint density at radius 3 is 2.23 bits per heavy atom. The van der Waals surface area contributed by atoms with Gasteiger partial charge in [0, 0.05) is 0 Å². The average Bonchev–Trinajstić information content (AvgIpc) is 2.68. The van der Waals surface area contributed by atoms with Crippen molar-refractivity contribution in [3.8, 4) is 0 Å². The van der Waals surface area contributed by atoms with Crippen molar-refractivity contribution in [2.75, 3.05) is 6.61 Å². The summed E-state index contributed by atoms with van der Waals surface area (Å²) in [5.41, 5.74) is 2.68. The number of nitrogens with one attached hydrogen (secondary N) is 1. The third-order valence-electron chi connectivity index (χ3n) is 2.93. The van der Waals surface area contributed by atoms with Crippen LogP contribution in [-0.4, -0.2) is 29.5 Å². The number of hydrazine groups is 1. The predicted octanol–water partition coefficient (Wildman–Crippen LogP) is 2.53. The maximum absolute atomic E-state index is 12.0. The van der Waals surface area contributed by atoms with E-state index in [1.807, 2.05) is 26.8 Å². The van der Waals surface area contributed by atoms with Gasteiger partial charge in [0.15, 0.2) is 0 Å². The van der Waals surface area contributed by atoms with Crippen LogP contribution in [0.4, 0.5) is 4.79 Å². The second kappa shape index (κ2) is 6.01. The lowest BCUT2D eigenvalue weighted by Gasteiger charge is -2.15. The summed E-state index contributed by atoms with van der Waals surface area (Å²) in [6.45, 7) is 6.11. The third kappa shape index (κ3) is 3.52. The zero-order chi connectivity index (χ0) is 16.3. The Balaban J connectivity index is 1.92. The van der Waals surface area contributed by atoms with E-state index in [9.17, 15) is 14.4 Å². The number of nitrogens with zero attached hydrogens (tertiary/aromatic N) is 1. The van der Waals surface area contributed by atoms with Gasteiger partial charge in [-0.05, 0) is 17.5 Å². The maximum Gasteiger partial charge on any atom is 0.426 e. The summed E-state index contributed by atoms with van der Waals surface area (Å²) in [5.74, 6) is -1.13. The zero-order valence-electron chi connectivity index (χ0n) is 12.8. The molecule has 0 saturated carbocycles. The van der Waals surface area contributed by atoms with Crippen LogP contribution in [0, 0.1) is 5.41 Å². The highest BCUT2D eigenvalue weighted by molar-refractivity contribution is 6.21. The van der Waals surface area contributed by atoms with Crippen LogP contribution < -0.4 is 5.43 Å². The van der Waals surface area contributed by atoms with E-state index in [1.54, 1.807) is 18.2 Å². The van der Waals surface area contributed by atoms with Gasteiger partial charge in [0.1, 0.15) is 6.61 Å². The SMILES string of the molecule is CC(C)(C)C=CCOC(=O)NN1C(=O)c2ccccc2C1=O. The molecule has 116 valence electrons. The highest BCUT2D eigenvalue weighted by atomic mass is 16.6. The smallest absolute Gasteiger partial charge is 0.426 e. The molecule has 3 amide bonds. The van der Waals surface area contributed by atoms with Crippen LogP contribution in [0.5, 0.6) is 0 Å². The van der Waals surface area contributed by atoms with Crippen LogP contribution in [0.25, 0.3) is 0 Å². The molecule has 0 saturated heterocycles. The molecule has 6 heteroatoms. The lowest BCUT2D eigenvalue weighted by atomic mass is 9.96. The molecule has 0 bridgehead atoms. The van der Waals surface area contributed by atoms with Crippen molar-refractivity contribution < 1.29 is 19.1 Å². The Kier molecular flexibility index (Phi) is 4.30. The molecule has 1 aromatic rings. The van der Waals surface area contributed by atoms with Gasteiger partial charge in [-0.3, -0.25) is 9.59 Å². The molecule has 0 fully saturated rings. The molecule has 1 aromatic carbocycles. The normalized spacial score (nSPS) is 14.4. The quantitative estimate of drug-likeness (QED) is 0.687. The van der Waals surface area contributed by atoms with Crippen molar-refractivity contribution >= 4 is 17.9 Å². The van der Waals surface area contributed by atoms with E-state index in [2.05, 4.69) is 5.43 Å². The largest absolute Gasteiger partial charge is 0.444 e. The molecule has 6 nitrogen and oxygen atoms in total. The minimum atomic E-state index is -0.854. The lowest BCUT2D eigenvalue weighted by Crippen LogP contribution is -2.46. The minimum Gasteiger partial charge on any atom is -0.444 e. The number of ether oxygens (including phenoxy) is 1. The third-order valence-corrected chi connectivity index (χ3v) is 2.93. The van der Waals surface area contributed by atoms with Gasteiger partial charge < -0.3 is 4.74 Å². The maximum atomic E-state index is 12.0. The Morgan fingerprint density at radius 2 is 1.73 bits per heavy atom. The van der Waals surface area contributed by atoms with Crippen LogP contribution in [0.1, 0.15) is 41.5 Å². The second-order valence-electron chi connectivity index (χ2n) is 5.97. The average molecular weight is 302 g/mol. The molecule has 0 unspecified atom stereocenters. The van der Waals surface area contributed by atoms with Gasteiger partial charge in [0.2, 0.25) is 0 Å².